The maximum atomic E-state index is 5.99. The Morgan fingerprint density at radius 3 is 2.75 bits per heavy atom. The summed E-state index contributed by atoms with van der Waals surface area (Å²) < 4.78 is 2.03. The van der Waals surface area contributed by atoms with Gasteiger partial charge in [-0.2, -0.15) is 4.98 Å². The van der Waals surface area contributed by atoms with Crippen molar-refractivity contribution in [2.24, 2.45) is 0 Å². The number of hydrogen-bond donors (Lipinski definition) is 0. The van der Waals surface area contributed by atoms with Crippen LogP contribution in [0.15, 0.2) is 6.20 Å². The van der Waals surface area contributed by atoms with Crippen molar-refractivity contribution in [1.82, 2.24) is 24.7 Å². The molecule has 3 heterocycles. The van der Waals surface area contributed by atoms with Gasteiger partial charge in [-0.1, -0.05) is 6.92 Å². The lowest BCUT2D eigenvalue weighted by Gasteiger charge is -2.39. The fourth-order valence-corrected chi connectivity index (χ4v) is 2.97. The van der Waals surface area contributed by atoms with E-state index in [4.69, 9.17) is 11.6 Å². The van der Waals surface area contributed by atoms with E-state index >= 15 is 0 Å². The predicted molar refractivity (Wildman–Crippen MR) is 77.3 cm³/mol. The summed E-state index contributed by atoms with van der Waals surface area (Å²) in [5.41, 5.74) is 0.894. The van der Waals surface area contributed by atoms with Crippen LogP contribution in [0.2, 0.25) is 5.28 Å². The SMILES string of the molecule is CCC1c2nnc(C)n2-c2cnc(Cl)nc2N1C(C)C. The second-order valence-corrected chi connectivity index (χ2v) is 5.55. The van der Waals surface area contributed by atoms with E-state index in [1.807, 2.05) is 11.5 Å². The monoisotopic (exact) mass is 292 g/mol. The summed E-state index contributed by atoms with van der Waals surface area (Å²) >= 11 is 5.99. The Morgan fingerprint density at radius 2 is 2.10 bits per heavy atom. The summed E-state index contributed by atoms with van der Waals surface area (Å²) in [5, 5.41) is 8.82. The van der Waals surface area contributed by atoms with Crippen molar-refractivity contribution in [3.63, 3.8) is 0 Å². The zero-order valence-corrected chi connectivity index (χ0v) is 12.8. The van der Waals surface area contributed by atoms with Crippen LogP contribution >= 0.6 is 11.6 Å². The molecular formula is C13H17ClN6. The van der Waals surface area contributed by atoms with Crippen LogP contribution in [0, 0.1) is 6.92 Å². The highest BCUT2D eigenvalue weighted by Gasteiger charge is 2.35. The number of hydrogen-bond acceptors (Lipinski definition) is 5. The molecule has 2 aromatic heterocycles. The lowest BCUT2D eigenvalue weighted by atomic mass is 10.1. The summed E-state index contributed by atoms with van der Waals surface area (Å²) in [5.74, 6) is 2.63. The molecule has 3 rings (SSSR count). The van der Waals surface area contributed by atoms with Crippen molar-refractivity contribution in [3.05, 3.63) is 23.1 Å². The molecule has 0 N–H and O–H groups in total. The maximum Gasteiger partial charge on any atom is 0.224 e. The van der Waals surface area contributed by atoms with Crippen molar-refractivity contribution in [2.45, 2.75) is 46.2 Å². The molecular weight excluding hydrogens is 276 g/mol. The largest absolute Gasteiger partial charge is 0.342 e. The number of nitrogens with zero attached hydrogens (tertiary/aromatic N) is 6. The quantitative estimate of drug-likeness (QED) is 0.797. The molecule has 0 bridgehead atoms. The van der Waals surface area contributed by atoms with Crippen LogP contribution in [-0.2, 0) is 0 Å². The van der Waals surface area contributed by atoms with E-state index in [1.54, 1.807) is 6.20 Å². The molecule has 0 saturated carbocycles. The first-order chi connectivity index (χ1) is 9.54. The number of anilines is 1. The number of aryl methyl sites for hydroxylation is 1. The fourth-order valence-electron chi connectivity index (χ4n) is 2.84. The van der Waals surface area contributed by atoms with Crippen molar-refractivity contribution in [3.8, 4) is 5.69 Å². The van der Waals surface area contributed by atoms with Gasteiger partial charge in [0.2, 0.25) is 5.28 Å². The van der Waals surface area contributed by atoms with Gasteiger partial charge < -0.3 is 4.90 Å². The fraction of sp³-hybridized carbons (Fsp3) is 0.538. The molecule has 0 amide bonds. The van der Waals surface area contributed by atoms with Gasteiger partial charge >= 0.3 is 0 Å². The van der Waals surface area contributed by atoms with Crippen molar-refractivity contribution in [2.75, 3.05) is 4.90 Å². The van der Waals surface area contributed by atoms with Crippen molar-refractivity contribution >= 4 is 17.4 Å². The zero-order chi connectivity index (χ0) is 14.4. The van der Waals surface area contributed by atoms with Crippen LogP contribution in [0.25, 0.3) is 5.69 Å². The highest BCUT2D eigenvalue weighted by molar-refractivity contribution is 6.28. The Labute approximate surface area is 122 Å². The van der Waals surface area contributed by atoms with Crippen LogP contribution < -0.4 is 4.90 Å². The van der Waals surface area contributed by atoms with Crippen LogP contribution in [0.5, 0.6) is 0 Å². The average molecular weight is 293 g/mol. The molecule has 0 aromatic carbocycles. The van der Waals surface area contributed by atoms with E-state index in [2.05, 4.69) is 45.8 Å². The molecule has 7 heteroatoms. The normalized spacial score (nSPS) is 17.3. The summed E-state index contributed by atoms with van der Waals surface area (Å²) in [7, 11) is 0. The van der Waals surface area contributed by atoms with Gasteiger partial charge in [-0.25, -0.2) is 4.98 Å². The molecule has 0 spiro atoms. The van der Waals surface area contributed by atoms with E-state index in [0.29, 0.717) is 0 Å². The molecule has 1 aliphatic rings. The summed E-state index contributed by atoms with van der Waals surface area (Å²) in [6.45, 7) is 8.36. The first-order valence-electron chi connectivity index (χ1n) is 6.77. The van der Waals surface area contributed by atoms with Crippen molar-refractivity contribution < 1.29 is 0 Å². The second kappa shape index (κ2) is 4.70. The molecule has 0 fully saturated rings. The first kappa shape index (κ1) is 13.3. The number of fused-ring (bicyclic) bond motifs is 3. The molecule has 2 aromatic rings. The zero-order valence-electron chi connectivity index (χ0n) is 12.0. The molecule has 106 valence electrons. The van der Waals surface area contributed by atoms with E-state index in [1.165, 1.54) is 0 Å². The van der Waals surface area contributed by atoms with Gasteiger partial charge in [0.1, 0.15) is 11.5 Å². The van der Waals surface area contributed by atoms with E-state index in [-0.39, 0.29) is 17.4 Å². The summed E-state index contributed by atoms with van der Waals surface area (Å²) in [6.07, 6.45) is 2.67. The van der Waals surface area contributed by atoms with Gasteiger partial charge in [-0.15, -0.1) is 10.2 Å². The minimum atomic E-state index is 0.148. The highest BCUT2D eigenvalue weighted by Crippen LogP contribution is 2.39. The molecule has 20 heavy (non-hydrogen) atoms. The second-order valence-electron chi connectivity index (χ2n) is 5.21. The standard InChI is InChI=1S/C13H17ClN6/c1-5-9-12-18-17-8(4)20(12)10-6-15-13(14)16-11(10)19(9)7(2)3/h6-7,9H,5H2,1-4H3. The molecule has 0 aliphatic carbocycles. The third-order valence-electron chi connectivity index (χ3n) is 3.63. The predicted octanol–water partition coefficient (Wildman–Crippen LogP) is 2.70. The number of rotatable bonds is 2. The maximum absolute atomic E-state index is 5.99. The summed E-state index contributed by atoms with van der Waals surface area (Å²) in [4.78, 5) is 10.8. The van der Waals surface area contributed by atoms with Crippen LogP contribution in [0.4, 0.5) is 5.82 Å². The minimum absolute atomic E-state index is 0.148. The van der Waals surface area contributed by atoms with Crippen molar-refractivity contribution in [1.29, 1.82) is 0 Å². The van der Waals surface area contributed by atoms with Gasteiger partial charge in [-0.05, 0) is 38.8 Å². The smallest absolute Gasteiger partial charge is 0.224 e. The Bertz CT molecular complexity index is 650. The minimum Gasteiger partial charge on any atom is -0.342 e. The van der Waals surface area contributed by atoms with E-state index in [0.717, 1.165) is 29.6 Å². The molecule has 6 nitrogen and oxygen atoms in total. The third kappa shape index (κ3) is 1.78. The Morgan fingerprint density at radius 1 is 1.35 bits per heavy atom. The lowest BCUT2D eigenvalue weighted by molar-refractivity contribution is 0.496. The molecule has 1 aliphatic heterocycles. The van der Waals surface area contributed by atoms with Gasteiger partial charge in [0.05, 0.1) is 12.2 Å². The molecule has 1 atom stereocenters. The van der Waals surface area contributed by atoms with Crippen LogP contribution in [0.3, 0.4) is 0 Å². The first-order valence-corrected chi connectivity index (χ1v) is 7.15. The third-order valence-corrected chi connectivity index (χ3v) is 3.81. The Kier molecular flexibility index (Phi) is 3.12. The topological polar surface area (TPSA) is 59.7 Å². The molecule has 0 saturated heterocycles. The van der Waals surface area contributed by atoms with Gasteiger partial charge in [0.15, 0.2) is 11.6 Å². The lowest BCUT2D eigenvalue weighted by Crippen LogP contribution is -2.40. The van der Waals surface area contributed by atoms with Gasteiger partial charge in [0.25, 0.3) is 0 Å². The highest BCUT2D eigenvalue weighted by atomic mass is 35.5. The summed E-state index contributed by atoms with van der Waals surface area (Å²) in [6, 6.07) is 0.435. The number of halogens is 1. The van der Waals surface area contributed by atoms with Gasteiger partial charge in [-0.3, -0.25) is 4.57 Å². The van der Waals surface area contributed by atoms with Crippen LogP contribution in [-0.4, -0.2) is 30.8 Å². The van der Waals surface area contributed by atoms with E-state index < -0.39 is 0 Å². The van der Waals surface area contributed by atoms with E-state index in [9.17, 15) is 0 Å². The van der Waals surface area contributed by atoms with Crippen LogP contribution in [0.1, 0.15) is 44.9 Å². The molecule has 1 unspecified atom stereocenters. The molecule has 0 radical (unpaired) electrons. The Balaban J connectivity index is 2.31. The number of aromatic nitrogens is 5. The average Bonchev–Trinajstić information content (AvgIpc) is 2.79. The Hall–Kier alpha value is -1.69. The van der Waals surface area contributed by atoms with Gasteiger partial charge in [0, 0.05) is 6.04 Å².